The Morgan fingerprint density at radius 2 is 2.00 bits per heavy atom. The first-order valence-electron chi connectivity index (χ1n) is 8.55. The number of hydrogen-bond donors (Lipinski definition) is 1. The molecule has 0 saturated heterocycles. The standard InChI is InChI=1S/C20H24FNO3/c1-23-18-9-8-14(11-17(18)21)5-4-10-22-16-12-15-6-3-7-19(24-2)20(15)25-13-16/h3,6-9,11,16,22H,4-5,10,12-13H2,1-2H3. The quantitative estimate of drug-likeness (QED) is 0.781. The van der Waals surface area contributed by atoms with Crippen LogP contribution in [0.5, 0.6) is 17.2 Å². The number of benzene rings is 2. The highest BCUT2D eigenvalue weighted by Gasteiger charge is 2.21. The fraction of sp³-hybridized carbons (Fsp3) is 0.400. The maximum absolute atomic E-state index is 13.7. The molecule has 1 atom stereocenters. The molecule has 1 heterocycles. The van der Waals surface area contributed by atoms with Crippen molar-refractivity contribution in [1.82, 2.24) is 5.32 Å². The van der Waals surface area contributed by atoms with E-state index in [1.165, 1.54) is 12.7 Å². The molecule has 25 heavy (non-hydrogen) atoms. The molecule has 1 aliphatic rings. The summed E-state index contributed by atoms with van der Waals surface area (Å²) < 4.78 is 29.8. The van der Waals surface area contributed by atoms with Crippen molar-refractivity contribution in [3.8, 4) is 17.2 Å². The minimum absolute atomic E-state index is 0.284. The number of methoxy groups -OCH3 is 2. The molecule has 0 radical (unpaired) electrons. The number of rotatable bonds is 7. The first kappa shape index (κ1) is 17.5. The van der Waals surface area contributed by atoms with Gasteiger partial charge in [0, 0.05) is 6.04 Å². The zero-order valence-corrected chi connectivity index (χ0v) is 14.7. The van der Waals surface area contributed by atoms with Crippen molar-refractivity contribution < 1.29 is 18.6 Å². The van der Waals surface area contributed by atoms with Crippen LogP contribution in [0.15, 0.2) is 36.4 Å². The summed E-state index contributed by atoms with van der Waals surface area (Å²) >= 11 is 0. The van der Waals surface area contributed by atoms with Gasteiger partial charge >= 0.3 is 0 Å². The summed E-state index contributed by atoms with van der Waals surface area (Å²) in [5.74, 6) is 1.63. The highest BCUT2D eigenvalue weighted by Crippen LogP contribution is 2.34. The molecule has 2 aromatic carbocycles. The molecule has 3 rings (SSSR count). The third-order valence-electron chi connectivity index (χ3n) is 4.47. The Morgan fingerprint density at radius 1 is 1.16 bits per heavy atom. The summed E-state index contributed by atoms with van der Waals surface area (Å²) in [7, 11) is 3.13. The summed E-state index contributed by atoms with van der Waals surface area (Å²) in [4.78, 5) is 0. The van der Waals surface area contributed by atoms with E-state index in [0.717, 1.165) is 42.9 Å². The van der Waals surface area contributed by atoms with Crippen LogP contribution >= 0.6 is 0 Å². The van der Waals surface area contributed by atoms with Crippen molar-refractivity contribution in [1.29, 1.82) is 0 Å². The lowest BCUT2D eigenvalue weighted by molar-refractivity contribution is 0.227. The monoisotopic (exact) mass is 345 g/mol. The van der Waals surface area contributed by atoms with E-state index in [9.17, 15) is 4.39 Å². The Morgan fingerprint density at radius 3 is 2.76 bits per heavy atom. The molecule has 1 N–H and O–H groups in total. The van der Waals surface area contributed by atoms with Gasteiger partial charge in [0.25, 0.3) is 0 Å². The van der Waals surface area contributed by atoms with Crippen LogP contribution in [0, 0.1) is 5.82 Å². The Labute approximate surface area is 147 Å². The van der Waals surface area contributed by atoms with Gasteiger partial charge in [-0.1, -0.05) is 18.2 Å². The normalized spacial score (nSPS) is 16.0. The molecule has 1 unspecified atom stereocenters. The lowest BCUT2D eigenvalue weighted by atomic mass is 10.0. The summed E-state index contributed by atoms with van der Waals surface area (Å²) in [5.41, 5.74) is 2.15. The summed E-state index contributed by atoms with van der Waals surface area (Å²) in [6, 6.07) is 11.4. The smallest absolute Gasteiger partial charge is 0.165 e. The third-order valence-corrected chi connectivity index (χ3v) is 4.47. The Bertz CT molecular complexity index is 720. The number of halogens is 1. The maximum atomic E-state index is 13.7. The zero-order chi connectivity index (χ0) is 17.6. The van der Waals surface area contributed by atoms with Gasteiger partial charge in [-0.3, -0.25) is 0 Å². The van der Waals surface area contributed by atoms with Crippen molar-refractivity contribution in [3.05, 3.63) is 53.3 Å². The van der Waals surface area contributed by atoms with Gasteiger partial charge < -0.3 is 19.5 Å². The minimum atomic E-state index is -0.306. The van der Waals surface area contributed by atoms with Crippen LogP contribution in [-0.4, -0.2) is 33.4 Å². The molecule has 0 aliphatic carbocycles. The van der Waals surface area contributed by atoms with Gasteiger partial charge in [-0.2, -0.15) is 0 Å². The van der Waals surface area contributed by atoms with Crippen molar-refractivity contribution in [2.45, 2.75) is 25.3 Å². The Kier molecular flexibility index (Phi) is 5.76. The van der Waals surface area contributed by atoms with Crippen molar-refractivity contribution in [2.24, 2.45) is 0 Å². The lowest BCUT2D eigenvalue weighted by Crippen LogP contribution is -2.39. The fourth-order valence-electron chi connectivity index (χ4n) is 3.15. The molecule has 0 bridgehead atoms. The SMILES string of the molecule is COc1ccc(CCCNC2COc3c(cccc3OC)C2)cc1F. The summed E-state index contributed by atoms with van der Waals surface area (Å²) in [6.07, 6.45) is 2.68. The molecule has 0 spiro atoms. The minimum Gasteiger partial charge on any atom is -0.494 e. The number of para-hydroxylation sites is 1. The molecule has 0 saturated carbocycles. The number of nitrogens with one attached hydrogen (secondary N) is 1. The number of aryl methyl sites for hydroxylation is 1. The summed E-state index contributed by atoms with van der Waals surface area (Å²) in [6.45, 7) is 1.49. The zero-order valence-electron chi connectivity index (χ0n) is 14.7. The highest BCUT2D eigenvalue weighted by atomic mass is 19.1. The first-order valence-corrected chi connectivity index (χ1v) is 8.55. The van der Waals surface area contributed by atoms with Crippen molar-refractivity contribution in [3.63, 3.8) is 0 Å². The number of hydrogen-bond acceptors (Lipinski definition) is 4. The van der Waals surface area contributed by atoms with Gasteiger partial charge in [0.05, 0.1) is 14.2 Å². The summed E-state index contributed by atoms with van der Waals surface area (Å²) in [5, 5.41) is 3.52. The number of ether oxygens (including phenoxy) is 3. The van der Waals surface area contributed by atoms with Gasteiger partial charge in [0.2, 0.25) is 0 Å². The predicted octanol–water partition coefficient (Wildman–Crippen LogP) is 3.37. The van der Waals surface area contributed by atoms with Crippen LogP contribution in [0.4, 0.5) is 4.39 Å². The molecule has 4 nitrogen and oxygen atoms in total. The van der Waals surface area contributed by atoms with Crippen LogP contribution in [0.25, 0.3) is 0 Å². The second kappa shape index (κ2) is 8.21. The molecule has 1 aliphatic heterocycles. The molecular weight excluding hydrogens is 321 g/mol. The van der Waals surface area contributed by atoms with Crippen LogP contribution in [0.3, 0.4) is 0 Å². The van der Waals surface area contributed by atoms with E-state index in [1.54, 1.807) is 19.2 Å². The third kappa shape index (κ3) is 4.23. The largest absolute Gasteiger partial charge is 0.494 e. The van der Waals surface area contributed by atoms with Gasteiger partial charge in [-0.25, -0.2) is 4.39 Å². The van der Waals surface area contributed by atoms with Crippen molar-refractivity contribution >= 4 is 0 Å². The fourth-order valence-corrected chi connectivity index (χ4v) is 3.15. The highest BCUT2D eigenvalue weighted by molar-refractivity contribution is 5.48. The molecule has 0 amide bonds. The second-order valence-electron chi connectivity index (χ2n) is 6.19. The van der Waals surface area contributed by atoms with E-state index in [-0.39, 0.29) is 17.6 Å². The van der Waals surface area contributed by atoms with E-state index >= 15 is 0 Å². The molecule has 0 aromatic heterocycles. The van der Waals surface area contributed by atoms with Gasteiger partial charge in [-0.15, -0.1) is 0 Å². The predicted molar refractivity (Wildman–Crippen MR) is 95.3 cm³/mol. The molecule has 0 fully saturated rings. The molecule has 134 valence electrons. The van der Waals surface area contributed by atoms with E-state index in [1.807, 2.05) is 18.2 Å². The van der Waals surface area contributed by atoms with Gasteiger partial charge in [0.1, 0.15) is 6.61 Å². The first-order chi connectivity index (χ1) is 12.2. The Balaban J connectivity index is 1.46. The van der Waals surface area contributed by atoms with E-state index in [4.69, 9.17) is 14.2 Å². The van der Waals surface area contributed by atoms with Crippen LogP contribution in [0.1, 0.15) is 17.5 Å². The molecule has 2 aromatic rings. The van der Waals surface area contributed by atoms with Crippen molar-refractivity contribution in [2.75, 3.05) is 27.4 Å². The van der Waals surface area contributed by atoms with Crippen LogP contribution in [0.2, 0.25) is 0 Å². The topological polar surface area (TPSA) is 39.7 Å². The average Bonchev–Trinajstić information content (AvgIpc) is 2.64. The van der Waals surface area contributed by atoms with E-state index < -0.39 is 0 Å². The maximum Gasteiger partial charge on any atom is 0.165 e. The average molecular weight is 345 g/mol. The van der Waals surface area contributed by atoms with E-state index in [0.29, 0.717) is 6.61 Å². The number of fused-ring (bicyclic) bond motifs is 1. The van der Waals surface area contributed by atoms with E-state index in [2.05, 4.69) is 11.4 Å². The van der Waals surface area contributed by atoms with Gasteiger partial charge in [-0.05, 0) is 55.1 Å². The lowest BCUT2D eigenvalue weighted by Gasteiger charge is -2.27. The van der Waals surface area contributed by atoms with Crippen LogP contribution < -0.4 is 19.5 Å². The van der Waals surface area contributed by atoms with Gasteiger partial charge in [0.15, 0.2) is 23.1 Å². The van der Waals surface area contributed by atoms with Crippen LogP contribution in [-0.2, 0) is 12.8 Å². The Hall–Kier alpha value is -2.27. The molecule has 5 heteroatoms. The second-order valence-corrected chi connectivity index (χ2v) is 6.19. The molecular formula is C20H24FNO3.